The second-order valence-electron chi connectivity index (χ2n) is 5.83. The summed E-state index contributed by atoms with van der Waals surface area (Å²) in [6, 6.07) is 4.87. The zero-order valence-electron chi connectivity index (χ0n) is 15.0. The maximum atomic E-state index is 11.7. The molecule has 1 aromatic carbocycles. The second kappa shape index (κ2) is 11.5. The minimum Gasteiger partial charge on any atom is -0.465 e. The Morgan fingerprint density at radius 2 is 1.33 bits per heavy atom. The minimum atomic E-state index is -0.472. The van der Waals surface area contributed by atoms with Crippen LogP contribution in [0.4, 0.5) is 5.69 Å². The third-order valence-electron chi connectivity index (χ3n) is 3.88. The Balaban J connectivity index is 2.54. The van der Waals surface area contributed by atoms with E-state index in [1.165, 1.54) is 58.8 Å². The van der Waals surface area contributed by atoms with Gasteiger partial charge < -0.3 is 14.8 Å². The van der Waals surface area contributed by atoms with Crippen molar-refractivity contribution in [2.75, 3.05) is 26.1 Å². The van der Waals surface area contributed by atoms with E-state index < -0.39 is 11.9 Å². The normalized spacial score (nSPS) is 10.3. The number of carbonyl (C=O) groups excluding carboxylic acids is 2. The first-order valence-electron chi connectivity index (χ1n) is 8.68. The summed E-state index contributed by atoms with van der Waals surface area (Å²) in [5.41, 5.74) is 1.40. The van der Waals surface area contributed by atoms with Gasteiger partial charge in [-0.15, -0.1) is 0 Å². The fourth-order valence-corrected chi connectivity index (χ4v) is 2.52. The number of hydrogen-bond donors (Lipinski definition) is 1. The summed E-state index contributed by atoms with van der Waals surface area (Å²) in [4.78, 5) is 23.5. The molecule has 134 valence electrons. The second-order valence-corrected chi connectivity index (χ2v) is 5.83. The average molecular weight is 335 g/mol. The zero-order valence-corrected chi connectivity index (χ0v) is 15.0. The molecule has 1 rings (SSSR count). The molecular formula is C19H29NO4. The highest BCUT2D eigenvalue weighted by Crippen LogP contribution is 2.17. The van der Waals surface area contributed by atoms with Crippen molar-refractivity contribution in [2.24, 2.45) is 0 Å². The maximum absolute atomic E-state index is 11.7. The highest BCUT2D eigenvalue weighted by atomic mass is 16.5. The molecule has 0 aliphatic carbocycles. The van der Waals surface area contributed by atoms with Crippen LogP contribution in [0.1, 0.15) is 72.6 Å². The van der Waals surface area contributed by atoms with Crippen LogP contribution in [0, 0.1) is 0 Å². The summed E-state index contributed by atoms with van der Waals surface area (Å²) in [6.45, 7) is 3.02. The lowest BCUT2D eigenvalue weighted by atomic mass is 10.1. The van der Waals surface area contributed by atoms with Crippen molar-refractivity contribution in [2.45, 2.75) is 51.9 Å². The lowest BCUT2D eigenvalue weighted by molar-refractivity contribution is 0.0599. The smallest absolute Gasteiger partial charge is 0.337 e. The first-order chi connectivity index (χ1) is 11.6. The summed E-state index contributed by atoms with van der Waals surface area (Å²) in [7, 11) is 2.64. The molecule has 0 spiro atoms. The van der Waals surface area contributed by atoms with Crippen molar-refractivity contribution < 1.29 is 19.1 Å². The molecule has 0 fully saturated rings. The lowest BCUT2D eigenvalue weighted by Gasteiger charge is -2.10. The van der Waals surface area contributed by atoms with E-state index in [2.05, 4.69) is 12.2 Å². The number of rotatable bonds is 11. The Labute approximate surface area is 144 Å². The number of hydrogen-bond acceptors (Lipinski definition) is 5. The third-order valence-corrected chi connectivity index (χ3v) is 3.88. The van der Waals surface area contributed by atoms with Crippen molar-refractivity contribution >= 4 is 17.6 Å². The van der Waals surface area contributed by atoms with Gasteiger partial charge in [-0.05, 0) is 24.6 Å². The van der Waals surface area contributed by atoms with Gasteiger partial charge in [0.25, 0.3) is 0 Å². The third kappa shape index (κ3) is 7.02. The van der Waals surface area contributed by atoms with Gasteiger partial charge >= 0.3 is 11.9 Å². The molecule has 0 bridgehead atoms. The topological polar surface area (TPSA) is 64.6 Å². The van der Waals surface area contributed by atoms with E-state index in [0.29, 0.717) is 11.1 Å². The number of nitrogens with one attached hydrogen (secondary N) is 1. The molecule has 0 heterocycles. The fourth-order valence-electron chi connectivity index (χ4n) is 2.52. The molecule has 0 aliphatic heterocycles. The van der Waals surface area contributed by atoms with E-state index in [4.69, 9.17) is 9.47 Å². The quantitative estimate of drug-likeness (QED) is 0.479. The van der Waals surface area contributed by atoms with E-state index in [1.807, 2.05) is 0 Å². The van der Waals surface area contributed by atoms with Crippen LogP contribution in [0.5, 0.6) is 0 Å². The van der Waals surface area contributed by atoms with E-state index in [9.17, 15) is 9.59 Å². The van der Waals surface area contributed by atoms with Gasteiger partial charge in [0.2, 0.25) is 0 Å². The van der Waals surface area contributed by atoms with Crippen LogP contribution in [0.2, 0.25) is 0 Å². The molecule has 0 saturated heterocycles. The van der Waals surface area contributed by atoms with Crippen LogP contribution >= 0.6 is 0 Å². The van der Waals surface area contributed by atoms with Crippen molar-refractivity contribution in [1.82, 2.24) is 0 Å². The number of unbranched alkanes of at least 4 members (excludes halogenated alkanes) is 6. The monoisotopic (exact) mass is 335 g/mol. The number of anilines is 1. The van der Waals surface area contributed by atoms with Crippen molar-refractivity contribution in [1.29, 1.82) is 0 Å². The Morgan fingerprint density at radius 3 is 1.83 bits per heavy atom. The van der Waals surface area contributed by atoms with Crippen LogP contribution < -0.4 is 5.32 Å². The number of esters is 2. The molecule has 24 heavy (non-hydrogen) atoms. The van der Waals surface area contributed by atoms with E-state index in [-0.39, 0.29) is 0 Å². The molecule has 0 saturated carbocycles. The molecule has 0 aliphatic rings. The molecule has 1 N–H and O–H groups in total. The van der Waals surface area contributed by atoms with Crippen molar-refractivity contribution in [3.63, 3.8) is 0 Å². The molecule has 0 radical (unpaired) electrons. The number of ether oxygens (including phenoxy) is 2. The van der Waals surface area contributed by atoms with Gasteiger partial charge in [0, 0.05) is 12.2 Å². The summed E-state index contributed by atoms with van der Waals surface area (Å²) in [5.74, 6) is -0.945. The van der Waals surface area contributed by atoms with E-state index in [0.717, 1.165) is 18.7 Å². The maximum Gasteiger partial charge on any atom is 0.337 e. The van der Waals surface area contributed by atoms with Crippen LogP contribution in [0.3, 0.4) is 0 Å². The summed E-state index contributed by atoms with van der Waals surface area (Å²) in [6.07, 6.45) is 8.66. The van der Waals surface area contributed by atoms with Gasteiger partial charge in [0.1, 0.15) is 0 Å². The van der Waals surface area contributed by atoms with Gasteiger partial charge in [-0.3, -0.25) is 0 Å². The van der Waals surface area contributed by atoms with Gasteiger partial charge in [-0.1, -0.05) is 45.4 Å². The van der Waals surface area contributed by atoms with Gasteiger partial charge in [0.15, 0.2) is 0 Å². The average Bonchev–Trinajstić information content (AvgIpc) is 2.62. The summed E-state index contributed by atoms with van der Waals surface area (Å²) in [5, 5.41) is 3.27. The predicted molar refractivity (Wildman–Crippen MR) is 95.6 cm³/mol. The van der Waals surface area contributed by atoms with Gasteiger partial charge in [-0.2, -0.15) is 0 Å². The fraction of sp³-hybridized carbons (Fsp3) is 0.579. The standard InChI is InChI=1S/C19H29NO4/c1-4-5-6-7-8-9-10-11-20-17-13-15(18(21)23-2)12-16(14-17)19(22)24-3/h12-14,20H,4-11H2,1-3H3. The minimum absolute atomic E-state index is 0.336. The van der Waals surface area contributed by atoms with Crippen LogP contribution in [0.25, 0.3) is 0 Å². The molecule has 0 amide bonds. The molecule has 5 nitrogen and oxygen atoms in total. The van der Waals surface area contributed by atoms with Crippen LogP contribution in [0.15, 0.2) is 18.2 Å². The highest BCUT2D eigenvalue weighted by molar-refractivity contribution is 5.96. The van der Waals surface area contributed by atoms with Gasteiger partial charge in [-0.25, -0.2) is 9.59 Å². The molecule has 0 atom stereocenters. The molecular weight excluding hydrogens is 306 g/mol. The van der Waals surface area contributed by atoms with E-state index >= 15 is 0 Å². The molecule has 0 unspecified atom stereocenters. The Hall–Kier alpha value is -2.04. The van der Waals surface area contributed by atoms with Crippen molar-refractivity contribution in [3.8, 4) is 0 Å². The van der Waals surface area contributed by atoms with Gasteiger partial charge in [0.05, 0.1) is 25.3 Å². The Kier molecular flexibility index (Phi) is 9.58. The largest absolute Gasteiger partial charge is 0.465 e. The lowest BCUT2D eigenvalue weighted by Crippen LogP contribution is -2.09. The van der Waals surface area contributed by atoms with E-state index in [1.54, 1.807) is 12.1 Å². The number of methoxy groups -OCH3 is 2. The summed E-state index contributed by atoms with van der Waals surface area (Å²) < 4.78 is 9.46. The first-order valence-corrected chi connectivity index (χ1v) is 8.68. The Morgan fingerprint density at radius 1 is 0.833 bits per heavy atom. The predicted octanol–water partition coefficient (Wildman–Crippen LogP) is 4.42. The van der Waals surface area contributed by atoms with Crippen LogP contribution in [-0.4, -0.2) is 32.7 Å². The zero-order chi connectivity index (χ0) is 17.8. The number of carbonyl (C=O) groups is 2. The first kappa shape index (κ1) is 20.0. The molecule has 1 aromatic rings. The van der Waals surface area contributed by atoms with Crippen molar-refractivity contribution in [3.05, 3.63) is 29.3 Å². The van der Waals surface area contributed by atoms with Crippen LogP contribution in [-0.2, 0) is 9.47 Å². The Bertz CT molecular complexity index is 494. The molecule has 5 heteroatoms. The number of benzene rings is 1. The summed E-state index contributed by atoms with van der Waals surface area (Å²) >= 11 is 0. The highest BCUT2D eigenvalue weighted by Gasteiger charge is 2.13. The SMILES string of the molecule is CCCCCCCCCNc1cc(C(=O)OC)cc(C(=O)OC)c1. The molecule has 0 aromatic heterocycles.